The molecule has 2 N–H and O–H groups in total. The third-order valence-electron chi connectivity index (χ3n) is 3.38. The van der Waals surface area contributed by atoms with Crippen molar-refractivity contribution in [1.29, 1.82) is 0 Å². The zero-order valence-electron chi connectivity index (χ0n) is 9.86. The Labute approximate surface area is 97.0 Å². The number of nitrogens with zero attached hydrogens (tertiary/aromatic N) is 1. The summed E-state index contributed by atoms with van der Waals surface area (Å²) in [5, 5.41) is 0. The summed E-state index contributed by atoms with van der Waals surface area (Å²) in [5.41, 5.74) is 5.64. The molecule has 0 amide bonds. The first kappa shape index (κ1) is 11.2. The zero-order chi connectivity index (χ0) is 11.4. The maximum Gasteiger partial charge on any atom is 0.215 e. The van der Waals surface area contributed by atoms with Crippen molar-refractivity contribution in [2.75, 3.05) is 5.73 Å². The second kappa shape index (κ2) is 5.19. The van der Waals surface area contributed by atoms with E-state index < -0.39 is 0 Å². The average Bonchev–Trinajstić information content (AvgIpc) is 2.30. The Hall–Kier alpha value is -1.25. The average molecular weight is 220 g/mol. The normalized spacial score (nSPS) is 25.3. The van der Waals surface area contributed by atoms with Crippen molar-refractivity contribution in [3.05, 3.63) is 18.2 Å². The van der Waals surface area contributed by atoms with E-state index in [1.807, 2.05) is 12.1 Å². The summed E-state index contributed by atoms with van der Waals surface area (Å²) in [6.45, 7) is 2.24. The number of nitrogens with two attached hydrogens (primary N) is 1. The molecule has 1 heterocycles. The van der Waals surface area contributed by atoms with Gasteiger partial charge in [-0.15, -0.1) is 0 Å². The first-order chi connectivity index (χ1) is 7.79. The fourth-order valence-electron chi connectivity index (χ4n) is 2.45. The molecule has 0 bridgehead atoms. The van der Waals surface area contributed by atoms with Gasteiger partial charge in [0.1, 0.15) is 11.9 Å². The van der Waals surface area contributed by atoms with E-state index in [0.717, 1.165) is 6.42 Å². The van der Waals surface area contributed by atoms with Gasteiger partial charge in [0.15, 0.2) is 0 Å². The molecule has 16 heavy (non-hydrogen) atoms. The number of aromatic nitrogens is 1. The van der Waals surface area contributed by atoms with Crippen LogP contribution in [0.2, 0.25) is 0 Å². The lowest BCUT2D eigenvalue weighted by Crippen LogP contribution is -2.30. The zero-order valence-corrected chi connectivity index (χ0v) is 9.86. The number of anilines is 1. The Kier molecular flexibility index (Phi) is 3.65. The monoisotopic (exact) mass is 220 g/mol. The topological polar surface area (TPSA) is 48.1 Å². The molecule has 0 aliphatic heterocycles. The molecule has 88 valence electrons. The third kappa shape index (κ3) is 2.65. The van der Waals surface area contributed by atoms with Gasteiger partial charge in [0.2, 0.25) is 5.88 Å². The summed E-state index contributed by atoms with van der Waals surface area (Å²) in [5.74, 6) is 1.88. The summed E-state index contributed by atoms with van der Waals surface area (Å²) in [4.78, 5) is 4.19. The third-order valence-corrected chi connectivity index (χ3v) is 3.38. The fraction of sp³-hybridized carbons (Fsp3) is 0.615. The van der Waals surface area contributed by atoms with E-state index in [0.29, 0.717) is 23.7 Å². The Bertz CT molecular complexity index is 340. The molecule has 2 atom stereocenters. The standard InChI is InChI=1S/C13H20N2O/c1-2-10-6-3-4-7-11(10)16-13-9-5-8-12(14)15-13/h5,8-11H,2-4,6-7H2,1H3,(H2,14,15). The minimum Gasteiger partial charge on any atom is -0.474 e. The van der Waals surface area contributed by atoms with E-state index in [1.54, 1.807) is 6.07 Å². The van der Waals surface area contributed by atoms with Gasteiger partial charge in [-0.1, -0.05) is 19.4 Å². The number of rotatable bonds is 3. The van der Waals surface area contributed by atoms with E-state index in [1.165, 1.54) is 25.7 Å². The van der Waals surface area contributed by atoms with Crippen molar-refractivity contribution in [2.24, 2.45) is 5.92 Å². The van der Waals surface area contributed by atoms with Gasteiger partial charge >= 0.3 is 0 Å². The minimum absolute atomic E-state index is 0.327. The molecule has 1 aromatic rings. The fourth-order valence-corrected chi connectivity index (χ4v) is 2.45. The van der Waals surface area contributed by atoms with Gasteiger partial charge < -0.3 is 10.5 Å². The number of hydrogen-bond acceptors (Lipinski definition) is 3. The molecule has 1 fully saturated rings. The van der Waals surface area contributed by atoms with Gasteiger partial charge in [0.05, 0.1) is 0 Å². The molecule has 0 radical (unpaired) electrons. The Morgan fingerprint density at radius 1 is 1.38 bits per heavy atom. The molecule has 1 aliphatic rings. The quantitative estimate of drug-likeness (QED) is 0.851. The second-order valence-electron chi connectivity index (χ2n) is 4.51. The van der Waals surface area contributed by atoms with Crippen LogP contribution in [0.4, 0.5) is 5.82 Å². The molecule has 2 unspecified atom stereocenters. The molecule has 2 rings (SSSR count). The predicted molar refractivity (Wildman–Crippen MR) is 65.3 cm³/mol. The molecule has 1 aliphatic carbocycles. The van der Waals surface area contributed by atoms with Gasteiger partial charge in [0, 0.05) is 6.07 Å². The van der Waals surface area contributed by atoms with Gasteiger partial charge in [-0.05, 0) is 37.7 Å². The van der Waals surface area contributed by atoms with Crippen LogP contribution in [0.5, 0.6) is 5.88 Å². The smallest absolute Gasteiger partial charge is 0.215 e. The van der Waals surface area contributed by atoms with Gasteiger partial charge in [-0.3, -0.25) is 0 Å². The number of hydrogen-bond donors (Lipinski definition) is 1. The largest absolute Gasteiger partial charge is 0.474 e. The molecule has 0 spiro atoms. The first-order valence-electron chi connectivity index (χ1n) is 6.18. The summed E-state index contributed by atoms with van der Waals surface area (Å²) < 4.78 is 5.95. The van der Waals surface area contributed by atoms with Crippen LogP contribution in [-0.4, -0.2) is 11.1 Å². The highest BCUT2D eigenvalue weighted by atomic mass is 16.5. The lowest BCUT2D eigenvalue weighted by atomic mass is 9.85. The van der Waals surface area contributed by atoms with Crippen molar-refractivity contribution in [3.8, 4) is 5.88 Å². The van der Waals surface area contributed by atoms with Gasteiger partial charge in [-0.2, -0.15) is 4.98 Å². The number of pyridine rings is 1. The maximum atomic E-state index is 5.95. The second-order valence-corrected chi connectivity index (χ2v) is 4.51. The summed E-state index contributed by atoms with van der Waals surface area (Å²) in [6.07, 6.45) is 6.55. The maximum absolute atomic E-state index is 5.95. The molecular weight excluding hydrogens is 200 g/mol. The van der Waals surface area contributed by atoms with E-state index in [2.05, 4.69) is 11.9 Å². The van der Waals surface area contributed by atoms with Crippen LogP contribution in [0.25, 0.3) is 0 Å². The highest BCUT2D eigenvalue weighted by molar-refractivity contribution is 5.31. The van der Waals surface area contributed by atoms with E-state index in [9.17, 15) is 0 Å². The number of ether oxygens (including phenoxy) is 1. The van der Waals surface area contributed by atoms with Crippen LogP contribution in [-0.2, 0) is 0 Å². The van der Waals surface area contributed by atoms with Crippen LogP contribution < -0.4 is 10.5 Å². The molecular formula is C13H20N2O. The van der Waals surface area contributed by atoms with Crippen molar-refractivity contribution < 1.29 is 4.74 Å². The van der Waals surface area contributed by atoms with E-state index >= 15 is 0 Å². The van der Waals surface area contributed by atoms with Crippen molar-refractivity contribution in [3.63, 3.8) is 0 Å². The van der Waals surface area contributed by atoms with Crippen molar-refractivity contribution in [1.82, 2.24) is 4.98 Å². The van der Waals surface area contributed by atoms with Crippen molar-refractivity contribution in [2.45, 2.75) is 45.1 Å². The van der Waals surface area contributed by atoms with Crippen LogP contribution >= 0.6 is 0 Å². The lowest BCUT2D eigenvalue weighted by Gasteiger charge is -2.30. The molecule has 1 saturated carbocycles. The number of nitrogen functional groups attached to an aromatic ring is 1. The minimum atomic E-state index is 0.327. The van der Waals surface area contributed by atoms with Gasteiger partial charge in [-0.25, -0.2) is 0 Å². The lowest BCUT2D eigenvalue weighted by molar-refractivity contribution is 0.0860. The Balaban J connectivity index is 2.02. The highest BCUT2D eigenvalue weighted by Gasteiger charge is 2.25. The predicted octanol–water partition coefficient (Wildman–Crippen LogP) is 3.01. The summed E-state index contributed by atoms with van der Waals surface area (Å²) in [7, 11) is 0. The van der Waals surface area contributed by atoms with Crippen LogP contribution in [0.1, 0.15) is 39.0 Å². The molecule has 3 heteroatoms. The summed E-state index contributed by atoms with van der Waals surface area (Å²) >= 11 is 0. The SMILES string of the molecule is CCC1CCCCC1Oc1cccc(N)n1. The molecule has 3 nitrogen and oxygen atoms in total. The van der Waals surface area contributed by atoms with Crippen molar-refractivity contribution >= 4 is 5.82 Å². The molecule has 0 saturated heterocycles. The Morgan fingerprint density at radius 2 is 2.19 bits per heavy atom. The van der Waals surface area contributed by atoms with Gasteiger partial charge in [0.25, 0.3) is 0 Å². The van der Waals surface area contributed by atoms with Crippen LogP contribution in [0, 0.1) is 5.92 Å². The molecule has 0 aromatic carbocycles. The highest BCUT2D eigenvalue weighted by Crippen LogP contribution is 2.29. The first-order valence-corrected chi connectivity index (χ1v) is 6.18. The van der Waals surface area contributed by atoms with Crippen LogP contribution in [0.15, 0.2) is 18.2 Å². The van der Waals surface area contributed by atoms with E-state index in [-0.39, 0.29) is 0 Å². The Morgan fingerprint density at radius 3 is 2.94 bits per heavy atom. The van der Waals surface area contributed by atoms with Crippen LogP contribution in [0.3, 0.4) is 0 Å². The molecule has 1 aromatic heterocycles. The van der Waals surface area contributed by atoms with E-state index in [4.69, 9.17) is 10.5 Å². The summed E-state index contributed by atoms with van der Waals surface area (Å²) in [6, 6.07) is 5.56.